The van der Waals surface area contributed by atoms with Crippen LogP contribution in [0.2, 0.25) is 0 Å². The van der Waals surface area contributed by atoms with Crippen LogP contribution < -0.4 is 5.32 Å². The fourth-order valence-electron chi connectivity index (χ4n) is 4.12. The Balaban J connectivity index is 1.85. The maximum absolute atomic E-state index is 13.8. The van der Waals surface area contributed by atoms with Gasteiger partial charge in [0.15, 0.2) is 0 Å². The summed E-state index contributed by atoms with van der Waals surface area (Å²) in [4.78, 5) is 28.3. The first kappa shape index (κ1) is 20.4. The Morgan fingerprint density at radius 3 is 2.40 bits per heavy atom. The van der Waals surface area contributed by atoms with Gasteiger partial charge in [-0.2, -0.15) is 0 Å². The van der Waals surface area contributed by atoms with Gasteiger partial charge in [0.05, 0.1) is 12.0 Å². The molecule has 3 aromatic rings. The van der Waals surface area contributed by atoms with E-state index in [1.54, 1.807) is 4.90 Å². The van der Waals surface area contributed by atoms with Gasteiger partial charge in [0.25, 0.3) is 0 Å². The minimum atomic E-state index is -0.358. The summed E-state index contributed by atoms with van der Waals surface area (Å²) in [5, 5.41) is 2.98. The van der Waals surface area contributed by atoms with Gasteiger partial charge in [0.2, 0.25) is 11.8 Å². The van der Waals surface area contributed by atoms with E-state index in [4.69, 9.17) is 0 Å². The highest BCUT2D eigenvalue weighted by molar-refractivity contribution is 9.10. The van der Waals surface area contributed by atoms with Crippen LogP contribution in [0.4, 0.5) is 5.69 Å². The summed E-state index contributed by atoms with van der Waals surface area (Å²) in [5.74, 6) is -0.535. The van der Waals surface area contributed by atoms with Gasteiger partial charge in [-0.1, -0.05) is 83.5 Å². The van der Waals surface area contributed by atoms with Gasteiger partial charge in [-0.25, -0.2) is 0 Å². The molecule has 1 N–H and O–H groups in total. The standard InChI is InChI=1S/C25H23BrN2O2/c1-2-20(17-9-5-3-6-10-17)25(30)28-16-23(29)27-22-14-13-19(26)15-21(22)24(28)18-11-7-4-8-12-18/h3-15,20,24H,2,16H2,1H3,(H,27,29). The highest BCUT2D eigenvalue weighted by atomic mass is 79.9. The first-order chi connectivity index (χ1) is 14.6. The second kappa shape index (κ2) is 8.84. The van der Waals surface area contributed by atoms with Crippen molar-refractivity contribution in [2.75, 3.05) is 11.9 Å². The normalized spacial score (nSPS) is 16.9. The van der Waals surface area contributed by atoms with Crippen LogP contribution in [0.1, 0.15) is 42.0 Å². The maximum Gasteiger partial charge on any atom is 0.244 e. The number of hydrogen-bond donors (Lipinski definition) is 1. The Kier molecular flexibility index (Phi) is 6.00. The number of hydrogen-bond acceptors (Lipinski definition) is 2. The van der Waals surface area contributed by atoms with Crippen molar-refractivity contribution in [3.63, 3.8) is 0 Å². The summed E-state index contributed by atoms with van der Waals surface area (Å²) in [6.45, 7) is 2.02. The molecule has 0 bridgehead atoms. The molecule has 30 heavy (non-hydrogen) atoms. The molecule has 2 amide bonds. The molecular formula is C25H23BrN2O2. The third-order valence-corrected chi connectivity index (χ3v) is 6.01. The summed E-state index contributed by atoms with van der Waals surface area (Å²) >= 11 is 3.55. The molecule has 0 spiro atoms. The fourth-order valence-corrected chi connectivity index (χ4v) is 4.49. The van der Waals surface area contributed by atoms with Gasteiger partial charge < -0.3 is 10.2 Å². The van der Waals surface area contributed by atoms with Crippen LogP contribution in [0.15, 0.2) is 83.3 Å². The maximum atomic E-state index is 13.8. The first-order valence-electron chi connectivity index (χ1n) is 10.1. The van der Waals surface area contributed by atoms with Gasteiger partial charge in [0, 0.05) is 15.7 Å². The number of carbonyl (C=O) groups is 2. The van der Waals surface area contributed by atoms with Crippen LogP contribution in [0.3, 0.4) is 0 Å². The number of benzene rings is 3. The van der Waals surface area contributed by atoms with E-state index >= 15 is 0 Å². The van der Waals surface area contributed by atoms with E-state index < -0.39 is 0 Å². The SMILES string of the molecule is CCC(C(=O)N1CC(=O)Nc2ccc(Br)cc2C1c1ccccc1)c1ccccc1. The lowest BCUT2D eigenvalue weighted by atomic mass is 9.91. The van der Waals surface area contributed by atoms with E-state index in [1.807, 2.05) is 85.8 Å². The monoisotopic (exact) mass is 462 g/mol. The predicted molar refractivity (Wildman–Crippen MR) is 122 cm³/mol. The summed E-state index contributed by atoms with van der Waals surface area (Å²) in [5.41, 5.74) is 3.58. The van der Waals surface area contributed by atoms with E-state index in [0.29, 0.717) is 6.42 Å². The number of nitrogens with one attached hydrogen (secondary N) is 1. The molecule has 4 rings (SSSR count). The molecule has 0 fully saturated rings. The molecule has 0 aromatic heterocycles. The summed E-state index contributed by atoms with van der Waals surface area (Å²) in [6, 6.07) is 25.1. The molecular weight excluding hydrogens is 440 g/mol. The fraction of sp³-hybridized carbons (Fsp3) is 0.200. The molecule has 2 atom stereocenters. The Morgan fingerprint density at radius 2 is 1.73 bits per heavy atom. The zero-order valence-electron chi connectivity index (χ0n) is 16.7. The first-order valence-corrected chi connectivity index (χ1v) is 10.9. The second-order valence-corrected chi connectivity index (χ2v) is 8.35. The van der Waals surface area contributed by atoms with Crippen molar-refractivity contribution in [1.82, 2.24) is 4.90 Å². The number of nitrogens with zero attached hydrogens (tertiary/aromatic N) is 1. The molecule has 2 unspecified atom stereocenters. The Labute approximate surface area is 185 Å². The number of anilines is 1. The minimum Gasteiger partial charge on any atom is -0.324 e. The van der Waals surface area contributed by atoms with Crippen molar-refractivity contribution in [3.05, 3.63) is 100 Å². The van der Waals surface area contributed by atoms with Crippen LogP contribution in [-0.4, -0.2) is 23.3 Å². The van der Waals surface area contributed by atoms with E-state index in [2.05, 4.69) is 21.2 Å². The van der Waals surface area contributed by atoms with Crippen molar-refractivity contribution in [1.29, 1.82) is 0 Å². The Bertz CT molecular complexity index is 1050. The molecule has 152 valence electrons. The number of amides is 2. The van der Waals surface area contributed by atoms with Gasteiger partial charge in [0.1, 0.15) is 6.54 Å². The zero-order valence-corrected chi connectivity index (χ0v) is 18.3. The molecule has 1 aliphatic heterocycles. The lowest BCUT2D eigenvalue weighted by Gasteiger charge is -2.33. The van der Waals surface area contributed by atoms with Crippen LogP contribution in [0.5, 0.6) is 0 Å². The highest BCUT2D eigenvalue weighted by Gasteiger charge is 2.36. The topological polar surface area (TPSA) is 49.4 Å². The average Bonchev–Trinajstić information content (AvgIpc) is 2.91. The van der Waals surface area contributed by atoms with Crippen molar-refractivity contribution in [2.45, 2.75) is 25.3 Å². The molecule has 1 heterocycles. The molecule has 0 radical (unpaired) electrons. The Morgan fingerprint density at radius 1 is 1.07 bits per heavy atom. The number of fused-ring (bicyclic) bond motifs is 1. The third-order valence-electron chi connectivity index (χ3n) is 5.51. The largest absolute Gasteiger partial charge is 0.324 e. The van der Waals surface area contributed by atoms with Gasteiger partial charge in [-0.3, -0.25) is 9.59 Å². The predicted octanol–water partition coefficient (Wildman–Crippen LogP) is 5.51. The average molecular weight is 463 g/mol. The number of rotatable bonds is 4. The molecule has 0 saturated carbocycles. The van der Waals surface area contributed by atoms with E-state index in [1.165, 1.54) is 0 Å². The summed E-state index contributed by atoms with van der Waals surface area (Å²) < 4.78 is 0.904. The van der Waals surface area contributed by atoms with Crippen LogP contribution in [0, 0.1) is 0 Å². The number of halogens is 1. The Hall–Kier alpha value is -2.92. The van der Waals surface area contributed by atoms with Crippen molar-refractivity contribution in [3.8, 4) is 0 Å². The van der Waals surface area contributed by atoms with Crippen LogP contribution >= 0.6 is 15.9 Å². The quantitative estimate of drug-likeness (QED) is 0.555. The second-order valence-electron chi connectivity index (χ2n) is 7.43. The van der Waals surface area contributed by atoms with Gasteiger partial charge in [-0.05, 0) is 35.7 Å². The van der Waals surface area contributed by atoms with E-state index in [9.17, 15) is 9.59 Å². The van der Waals surface area contributed by atoms with Gasteiger partial charge in [-0.15, -0.1) is 0 Å². The molecule has 4 nitrogen and oxygen atoms in total. The van der Waals surface area contributed by atoms with Crippen LogP contribution in [0.25, 0.3) is 0 Å². The molecule has 5 heteroatoms. The summed E-state index contributed by atoms with van der Waals surface area (Å²) in [6.07, 6.45) is 0.661. The minimum absolute atomic E-state index is 0.00796. The smallest absolute Gasteiger partial charge is 0.244 e. The zero-order chi connectivity index (χ0) is 21.1. The van der Waals surface area contributed by atoms with Gasteiger partial charge >= 0.3 is 0 Å². The lowest BCUT2D eigenvalue weighted by Crippen LogP contribution is -2.41. The molecule has 3 aromatic carbocycles. The molecule has 0 aliphatic carbocycles. The van der Waals surface area contributed by atoms with Crippen molar-refractivity contribution >= 4 is 33.4 Å². The lowest BCUT2D eigenvalue weighted by molar-refractivity contribution is -0.137. The van der Waals surface area contributed by atoms with Crippen molar-refractivity contribution in [2.24, 2.45) is 0 Å². The molecule has 0 saturated heterocycles. The number of carbonyl (C=O) groups excluding carboxylic acids is 2. The van der Waals surface area contributed by atoms with E-state index in [-0.39, 0.29) is 30.3 Å². The third kappa shape index (κ3) is 4.03. The highest BCUT2D eigenvalue weighted by Crippen LogP contribution is 2.39. The summed E-state index contributed by atoms with van der Waals surface area (Å²) in [7, 11) is 0. The van der Waals surface area contributed by atoms with Crippen molar-refractivity contribution < 1.29 is 9.59 Å². The van der Waals surface area contributed by atoms with E-state index in [0.717, 1.165) is 26.9 Å². The van der Waals surface area contributed by atoms with Crippen LogP contribution in [-0.2, 0) is 9.59 Å². The molecule has 1 aliphatic rings.